The van der Waals surface area contributed by atoms with E-state index in [0.717, 1.165) is 13.2 Å². The summed E-state index contributed by atoms with van der Waals surface area (Å²) in [5, 5.41) is 8.14. The lowest BCUT2D eigenvalue weighted by atomic mass is 9.95. The zero-order valence-corrected chi connectivity index (χ0v) is 12.6. The van der Waals surface area contributed by atoms with Crippen LogP contribution in [0.1, 0.15) is 13.8 Å². The van der Waals surface area contributed by atoms with Gasteiger partial charge in [0.05, 0.1) is 0 Å². The first-order valence-corrected chi connectivity index (χ1v) is 7.55. The first kappa shape index (κ1) is 13.8. The van der Waals surface area contributed by atoms with Gasteiger partial charge in [0.2, 0.25) is 0 Å². The number of hydrogen-bond acceptors (Lipinski definition) is 1. The molecule has 1 nitrogen and oxygen atoms in total. The van der Waals surface area contributed by atoms with Crippen LogP contribution in [-0.4, -0.2) is 13.2 Å². The maximum Gasteiger partial charge on any atom is 0.0437 e. The van der Waals surface area contributed by atoms with Crippen molar-refractivity contribution in [3.8, 4) is 0 Å². The van der Waals surface area contributed by atoms with E-state index in [0.29, 0.717) is 0 Å². The Morgan fingerprint density at radius 1 is 0.571 bits per heavy atom. The zero-order chi connectivity index (χ0) is 14.7. The third-order valence-electron chi connectivity index (χ3n) is 3.80. The molecular weight excluding hydrogens is 256 g/mol. The average molecular weight is 276 g/mol. The highest BCUT2D eigenvalue weighted by atomic mass is 16.5. The van der Waals surface area contributed by atoms with E-state index < -0.39 is 0 Å². The van der Waals surface area contributed by atoms with Gasteiger partial charge in [0.1, 0.15) is 0 Å². The van der Waals surface area contributed by atoms with Gasteiger partial charge in [0.15, 0.2) is 0 Å². The third-order valence-corrected chi connectivity index (χ3v) is 3.80. The zero-order valence-electron chi connectivity index (χ0n) is 12.6. The van der Waals surface area contributed by atoms with Crippen LogP contribution in [0.5, 0.6) is 0 Å². The van der Waals surface area contributed by atoms with Crippen molar-refractivity contribution in [2.75, 3.05) is 13.2 Å². The molecule has 0 amide bonds. The molecular formula is C20H20O. The lowest BCUT2D eigenvalue weighted by Crippen LogP contribution is -1.84. The SMILES string of the molecule is CCOCC.c1cc2ccc3cccc4ccc(c1)c2c34. The second-order valence-electron chi connectivity index (χ2n) is 5.07. The molecule has 4 aromatic rings. The lowest BCUT2D eigenvalue weighted by Gasteiger charge is -2.09. The predicted molar refractivity (Wildman–Crippen MR) is 92.3 cm³/mol. The minimum atomic E-state index is 0.844. The van der Waals surface area contributed by atoms with E-state index in [1.165, 1.54) is 32.3 Å². The molecule has 0 bridgehead atoms. The summed E-state index contributed by atoms with van der Waals surface area (Å²) in [5.41, 5.74) is 0. The highest BCUT2D eigenvalue weighted by Crippen LogP contribution is 2.33. The molecule has 0 saturated heterocycles. The standard InChI is InChI=1S/C16H10.C4H10O/c1-3-11-7-9-13-5-2-6-14-10-8-12(4-1)15(11)16(13)14;1-3-5-4-2/h1-10H;3-4H2,1-2H3. The van der Waals surface area contributed by atoms with Crippen molar-refractivity contribution in [1.29, 1.82) is 0 Å². The molecule has 0 saturated carbocycles. The second-order valence-corrected chi connectivity index (χ2v) is 5.07. The molecule has 106 valence electrons. The molecule has 0 unspecified atom stereocenters. The van der Waals surface area contributed by atoms with Crippen LogP contribution in [-0.2, 0) is 4.74 Å². The monoisotopic (exact) mass is 276 g/mol. The van der Waals surface area contributed by atoms with Crippen LogP contribution in [0.3, 0.4) is 0 Å². The van der Waals surface area contributed by atoms with Gasteiger partial charge < -0.3 is 4.74 Å². The molecule has 0 radical (unpaired) electrons. The van der Waals surface area contributed by atoms with Crippen molar-refractivity contribution in [3.63, 3.8) is 0 Å². The molecule has 0 atom stereocenters. The van der Waals surface area contributed by atoms with E-state index in [2.05, 4.69) is 60.7 Å². The molecule has 4 rings (SSSR count). The molecule has 0 spiro atoms. The summed E-state index contributed by atoms with van der Waals surface area (Å²) in [4.78, 5) is 0. The first-order valence-electron chi connectivity index (χ1n) is 7.55. The predicted octanol–water partition coefficient (Wildman–Crippen LogP) is 5.63. The summed E-state index contributed by atoms with van der Waals surface area (Å²) in [6.45, 7) is 5.67. The van der Waals surface area contributed by atoms with E-state index in [9.17, 15) is 0 Å². The lowest BCUT2D eigenvalue weighted by molar-refractivity contribution is 0.162. The molecule has 0 aliphatic heterocycles. The van der Waals surface area contributed by atoms with Crippen LogP contribution in [0.2, 0.25) is 0 Å². The van der Waals surface area contributed by atoms with Crippen LogP contribution in [0.25, 0.3) is 32.3 Å². The van der Waals surface area contributed by atoms with Gasteiger partial charge in [-0.05, 0) is 46.2 Å². The number of hydrogen-bond donors (Lipinski definition) is 0. The summed E-state index contributed by atoms with van der Waals surface area (Å²) >= 11 is 0. The molecule has 0 aliphatic rings. The van der Waals surface area contributed by atoms with Crippen LogP contribution >= 0.6 is 0 Å². The molecule has 0 heterocycles. The summed E-state index contributed by atoms with van der Waals surface area (Å²) in [6, 6.07) is 21.9. The van der Waals surface area contributed by atoms with E-state index >= 15 is 0 Å². The van der Waals surface area contributed by atoms with Crippen molar-refractivity contribution in [2.24, 2.45) is 0 Å². The first-order chi connectivity index (χ1) is 10.3. The van der Waals surface area contributed by atoms with Gasteiger partial charge in [-0.15, -0.1) is 0 Å². The normalized spacial score (nSPS) is 11.0. The Hall–Kier alpha value is -2.12. The Bertz CT molecular complexity index is 716. The fourth-order valence-electron chi connectivity index (χ4n) is 2.87. The van der Waals surface area contributed by atoms with Crippen molar-refractivity contribution < 1.29 is 4.74 Å². The Kier molecular flexibility index (Phi) is 4.03. The minimum Gasteiger partial charge on any atom is -0.382 e. The van der Waals surface area contributed by atoms with Gasteiger partial charge in [-0.3, -0.25) is 0 Å². The van der Waals surface area contributed by atoms with Crippen molar-refractivity contribution in [1.82, 2.24) is 0 Å². The fraction of sp³-hybridized carbons (Fsp3) is 0.200. The third kappa shape index (κ3) is 2.57. The molecule has 0 N–H and O–H groups in total. The summed E-state index contributed by atoms with van der Waals surface area (Å²) in [7, 11) is 0. The number of ether oxygens (including phenoxy) is 1. The molecule has 1 heteroatoms. The van der Waals surface area contributed by atoms with Gasteiger partial charge in [-0.25, -0.2) is 0 Å². The Labute approximate surface area is 125 Å². The summed E-state index contributed by atoms with van der Waals surface area (Å²) in [6.07, 6.45) is 0. The van der Waals surface area contributed by atoms with Gasteiger partial charge in [0.25, 0.3) is 0 Å². The molecule has 4 aromatic carbocycles. The van der Waals surface area contributed by atoms with Crippen molar-refractivity contribution >= 4 is 32.3 Å². The van der Waals surface area contributed by atoms with E-state index in [4.69, 9.17) is 4.74 Å². The van der Waals surface area contributed by atoms with Crippen LogP contribution in [0, 0.1) is 0 Å². The number of benzene rings is 4. The highest BCUT2D eigenvalue weighted by Gasteiger charge is 2.05. The molecule has 21 heavy (non-hydrogen) atoms. The van der Waals surface area contributed by atoms with Gasteiger partial charge in [0, 0.05) is 13.2 Å². The summed E-state index contributed by atoms with van der Waals surface area (Å²) < 4.78 is 4.83. The van der Waals surface area contributed by atoms with Crippen molar-refractivity contribution in [3.05, 3.63) is 60.7 Å². The van der Waals surface area contributed by atoms with Crippen LogP contribution in [0.15, 0.2) is 60.7 Å². The molecule has 0 aliphatic carbocycles. The Morgan fingerprint density at radius 3 is 1.14 bits per heavy atom. The smallest absolute Gasteiger partial charge is 0.0437 e. The largest absolute Gasteiger partial charge is 0.382 e. The Balaban J connectivity index is 0.000000233. The highest BCUT2D eigenvalue weighted by molar-refractivity contribution is 6.22. The topological polar surface area (TPSA) is 9.23 Å². The average Bonchev–Trinajstić information content (AvgIpc) is 2.54. The maximum absolute atomic E-state index is 4.83. The minimum absolute atomic E-state index is 0.844. The van der Waals surface area contributed by atoms with Gasteiger partial charge in [-0.1, -0.05) is 60.7 Å². The van der Waals surface area contributed by atoms with Gasteiger partial charge in [-0.2, -0.15) is 0 Å². The van der Waals surface area contributed by atoms with E-state index in [1.807, 2.05) is 13.8 Å². The van der Waals surface area contributed by atoms with E-state index in [1.54, 1.807) is 0 Å². The molecule has 0 aromatic heterocycles. The maximum atomic E-state index is 4.83. The number of rotatable bonds is 2. The second kappa shape index (κ2) is 6.11. The fourth-order valence-corrected chi connectivity index (χ4v) is 2.87. The Morgan fingerprint density at radius 2 is 0.905 bits per heavy atom. The van der Waals surface area contributed by atoms with E-state index in [-0.39, 0.29) is 0 Å². The van der Waals surface area contributed by atoms with Crippen LogP contribution < -0.4 is 0 Å². The summed E-state index contributed by atoms with van der Waals surface area (Å²) in [5.74, 6) is 0. The molecule has 0 fully saturated rings. The quantitative estimate of drug-likeness (QED) is 0.431. The van der Waals surface area contributed by atoms with Crippen molar-refractivity contribution in [2.45, 2.75) is 13.8 Å². The van der Waals surface area contributed by atoms with Gasteiger partial charge >= 0.3 is 0 Å². The van der Waals surface area contributed by atoms with Crippen LogP contribution in [0.4, 0.5) is 0 Å².